The van der Waals surface area contributed by atoms with Crippen molar-refractivity contribution in [2.75, 3.05) is 13.7 Å². The van der Waals surface area contributed by atoms with Gasteiger partial charge in [-0.25, -0.2) is 4.79 Å². The third kappa shape index (κ3) is 4.52. The number of amides is 1. The molecule has 1 amide bonds. The summed E-state index contributed by atoms with van der Waals surface area (Å²) in [5.74, 6) is -0.482. The number of halogens is 2. The van der Waals surface area contributed by atoms with E-state index in [1.54, 1.807) is 12.1 Å². The molecule has 1 aromatic rings. The molecule has 0 bridgehead atoms. The van der Waals surface area contributed by atoms with Gasteiger partial charge in [0.25, 0.3) is 5.91 Å². The van der Waals surface area contributed by atoms with Crippen LogP contribution < -0.4 is 10.1 Å². The highest BCUT2D eigenvalue weighted by Crippen LogP contribution is 2.30. The molecule has 7 heteroatoms. The monoisotopic (exact) mass is 359 g/mol. The molecule has 2 rings (SSSR count). The molecule has 1 aliphatic carbocycles. The Balaban J connectivity index is 1.99. The lowest BCUT2D eigenvalue weighted by atomic mass is 9.81. The van der Waals surface area contributed by atoms with Crippen LogP contribution in [0.1, 0.15) is 32.1 Å². The first-order chi connectivity index (χ1) is 11.0. The van der Waals surface area contributed by atoms with Gasteiger partial charge in [0.05, 0.1) is 12.1 Å². The largest absolute Gasteiger partial charge is 0.482 e. The normalized spacial score (nSPS) is 16.5. The number of hydrogen-bond donors (Lipinski definition) is 1. The average molecular weight is 360 g/mol. The van der Waals surface area contributed by atoms with Gasteiger partial charge < -0.3 is 14.8 Å². The molecule has 0 atom stereocenters. The van der Waals surface area contributed by atoms with Crippen LogP contribution in [0.5, 0.6) is 5.75 Å². The van der Waals surface area contributed by atoms with Crippen molar-refractivity contribution >= 4 is 35.1 Å². The Labute approximate surface area is 145 Å². The molecule has 0 radical (unpaired) electrons. The van der Waals surface area contributed by atoms with Crippen molar-refractivity contribution in [2.24, 2.45) is 0 Å². The summed E-state index contributed by atoms with van der Waals surface area (Å²) in [5.41, 5.74) is -0.953. The molecule has 126 valence electrons. The van der Waals surface area contributed by atoms with Crippen LogP contribution in [-0.4, -0.2) is 31.1 Å². The molecule has 1 aromatic carbocycles. The first-order valence-electron chi connectivity index (χ1n) is 7.44. The number of esters is 1. The van der Waals surface area contributed by atoms with Gasteiger partial charge in [-0.2, -0.15) is 0 Å². The maximum Gasteiger partial charge on any atom is 0.331 e. The van der Waals surface area contributed by atoms with E-state index in [9.17, 15) is 9.59 Å². The van der Waals surface area contributed by atoms with Gasteiger partial charge in [0, 0.05) is 11.1 Å². The maximum atomic E-state index is 12.2. The van der Waals surface area contributed by atoms with Crippen LogP contribution in [-0.2, 0) is 14.3 Å². The summed E-state index contributed by atoms with van der Waals surface area (Å²) >= 11 is 11.9. The second-order valence-electron chi connectivity index (χ2n) is 5.55. The van der Waals surface area contributed by atoms with Gasteiger partial charge >= 0.3 is 5.97 Å². The smallest absolute Gasteiger partial charge is 0.331 e. The third-order valence-electron chi connectivity index (χ3n) is 3.91. The fourth-order valence-electron chi connectivity index (χ4n) is 2.76. The topological polar surface area (TPSA) is 64.6 Å². The van der Waals surface area contributed by atoms with Crippen LogP contribution in [0.2, 0.25) is 10.0 Å². The molecule has 5 nitrogen and oxygen atoms in total. The van der Waals surface area contributed by atoms with Crippen molar-refractivity contribution < 1.29 is 19.1 Å². The SMILES string of the molecule is COC(=O)C1(NC(=O)COc2cc(Cl)ccc2Cl)CCCCC1. The molecule has 1 fully saturated rings. The molecule has 0 aromatic heterocycles. The third-order valence-corrected chi connectivity index (χ3v) is 4.46. The minimum atomic E-state index is -0.953. The van der Waals surface area contributed by atoms with Gasteiger partial charge in [-0.1, -0.05) is 42.5 Å². The second-order valence-corrected chi connectivity index (χ2v) is 6.39. The highest BCUT2D eigenvalue weighted by molar-refractivity contribution is 6.34. The van der Waals surface area contributed by atoms with E-state index < -0.39 is 17.4 Å². The lowest BCUT2D eigenvalue weighted by Crippen LogP contribution is -2.57. The molecular weight excluding hydrogens is 341 g/mol. The lowest BCUT2D eigenvalue weighted by molar-refractivity contribution is -0.152. The highest BCUT2D eigenvalue weighted by Gasteiger charge is 2.41. The molecule has 1 N–H and O–H groups in total. The van der Waals surface area contributed by atoms with Gasteiger partial charge in [-0.3, -0.25) is 4.79 Å². The molecule has 23 heavy (non-hydrogen) atoms. The Kier molecular flexibility index (Phi) is 6.13. The molecule has 1 aliphatic rings. The predicted octanol–water partition coefficient (Wildman–Crippen LogP) is 3.36. The molecule has 0 spiro atoms. The van der Waals surface area contributed by atoms with Crippen molar-refractivity contribution in [3.05, 3.63) is 28.2 Å². The zero-order valence-corrected chi connectivity index (χ0v) is 14.4. The van der Waals surface area contributed by atoms with E-state index in [-0.39, 0.29) is 6.61 Å². The zero-order chi connectivity index (χ0) is 16.9. The number of carbonyl (C=O) groups is 2. The maximum absolute atomic E-state index is 12.2. The Morgan fingerprint density at radius 2 is 1.91 bits per heavy atom. The van der Waals surface area contributed by atoms with Crippen LogP contribution in [0.3, 0.4) is 0 Å². The lowest BCUT2D eigenvalue weighted by Gasteiger charge is -2.35. The quantitative estimate of drug-likeness (QED) is 0.818. The van der Waals surface area contributed by atoms with E-state index in [1.807, 2.05) is 0 Å². The number of nitrogens with one attached hydrogen (secondary N) is 1. The standard InChI is InChI=1S/C16H19Cl2NO4/c1-22-15(21)16(7-3-2-4-8-16)19-14(20)10-23-13-9-11(17)5-6-12(13)18/h5-6,9H,2-4,7-8,10H2,1H3,(H,19,20). The van der Waals surface area contributed by atoms with Gasteiger partial charge in [0.15, 0.2) is 6.61 Å². The number of carbonyl (C=O) groups excluding carboxylic acids is 2. The van der Waals surface area contributed by atoms with E-state index in [2.05, 4.69) is 5.32 Å². The molecule has 0 unspecified atom stereocenters. The molecule has 0 heterocycles. The molecule has 1 saturated carbocycles. The molecular formula is C16H19Cl2NO4. The fraction of sp³-hybridized carbons (Fsp3) is 0.500. The van der Waals surface area contributed by atoms with Crippen molar-refractivity contribution in [3.8, 4) is 5.75 Å². The summed E-state index contributed by atoms with van der Waals surface area (Å²) in [6.45, 7) is -0.251. The van der Waals surface area contributed by atoms with Crippen LogP contribution in [0.25, 0.3) is 0 Å². The van der Waals surface area contributed by atoms with Crippen molar-refractivity contribution in [3.63, 3.8) is 0 Å². The van der Waals surface area contributed by atoms with Crippen LogP contribution >= 0.6 is 23.2 Å². The Morgan fingerprint density at radius 1 is 1.22 bits per heavy atom. The van der Waals surface area contributed by atoms with E-state index >= 15 is 0 Å². The van der Waals surface area contributed by atoms with Gasteiger partial charge in [0.2, 0.25) is 0 Å². The van der Waals surface area contributed by atoms with Crippen molar-refractivity contribution in [2.45, 2.75) is 37.6 Å². The minimum absolute atomic E-state index is 0.251. The minimum Gasteiger partial charge on any atom is -0.482 e. The van der Waals surface area contributed by atoms with Crippen molar-refractivity contribution in [1.29, 1.82) is 0 Å². The fourth-order valence-corrected chi connectivity index (χ4v) is 3.10. The first-order valence-corrected chi connectivity index (χ1v) is 8.20. The predicted molar refractivity (Wildman–Crippen MR) is 87.9 cm³/mol. The molecule has 0 aliphatic heterocycles. The zero-order valence-electron chi connectivity index (χ0n) is 12.9. The number of ether oxygens (including phenoxy) is 2. The van der Waals surface area contributed by atoms with E-state index in [0.717, 1.165) is 19.3 Å². The summed E-state index contributed by atoms with van der Waals surface area (Å²) in [7, 11) is 1.33. The average Bonchev–Trinajstić information content (AvgIpc) is 2.55. The second kappa shape index (κ2) is 7.88. The number of rotatable bonds is 5. The Bertz CT molecular complexity index is 585. The van der Waals surface area contributed by atoms with Gasteiger partial charge in [-0.15, -0.1) is 0 Å². The first kappa shape index (κ1) is 17.9. The number of benzene rings is 1. The Morgan fingerprint density at radius 3 is 2.57 bits per heavy atom. The van der Waals surface area contributed by atoms with Crippen LogP contribution in [0, 0.1) is 0 Å². The van der Waals surface area contributed by atoms with Crippen molar-refractivity contribution in [1.82, 2.24) is 5.32 Å². The van der Waals surface area contributed by atoms with E-state index in [1.165, 1.54) is 13.2 Å². The van der Waals surface area contributed by atoms with Crippen LogP contribution in [0.4, 0.5) is 0 Å². The Hall–Kier alpha value is -1.46. The summed E-state index contributed by atoms with van der Waals surface area (Å²) in [5, 5.41) is 3.60. The van der Waals surface area contributed by atoms with Gasteiger partial charge in [0.1, 0.15) is 11.3 Å². The summed E-state index contributed by atoms with van der Waals surface area (Å²) < 4.78 is 10.3. The summed E-state index contributed by atoms with van der Waals surface area (Å²) in [6, 6.07) is 4.76. The number of methoxy groups -OCH3 is 1. The highest BCUT2D eigenvalue weighted by atomic mass is 35.5. The van der Waals surface area contributed by atoms with E-state index in [0.29, 0.717) is 28.6 Å². The van der Waals surface area contributed by atoms with E-state index in [4.69, 9.17) is 32.7 Å². The van der Waals surface area contributed by atoms with Gasteiger partial charge in [-0.05, 0) is 25.0 Å². The van der Waals surface area contributed by atoms with Crippen LogP contribution in [0.15, 0.2) is 18.2 Å². The number of hydrogen-bond acceptors (Lipinski definition) is 4. The summed E-state index contributed by atoms with van der Waals surface area (Å²) in [6.07, 6.45) is 3.93. The molecule has 0 saturated heterocycles. The summed E-state index contributed by atoms with van der Waals surface area (Å²) in [4.78, 5) is 24.3.